The molecular formula is C17H18O6S. The highest BCUT2D eigenvalue weighted by Gasteiger charge is 2.22. The number of para-hydroxylation sites is 1. The van der Waals surface area contributed by atoms with Gasteiger partial charge < -0.3 is 9.47 Å². The Kier molecular flexibility index (Phi) is 5.94. The molecule has 0 aliphatic carbocycles. The van der Waals surface area contributed by atoms with Crippen molar-refractivity contribution < 1.29 is 26.9 Å². The van der Waals surface area contributed by atoms with Crippen LogP contribution in [0.4, 0.5) is 0 Å². The molecule has 0 aliphatic rings. The molecule has 1 unspecified atom stereocenters. The van der Waals surface area contributed by atoms with Crippen molar-refractivity contribution in [3.05, 3.63) is 54.1 Å². The van der Waals surface area contributed by atoms with Gasteiger partial charge in [0.2, 0.25) is 0 Å². The molecule has 0 aliphatic heterocycles. The Bertz CT molecular complexity index is 800. The number of rotatable bonds is 8. The van der Waals surface area contributed by atoms with Gasteiger partial charge in [-0.2, -0.15) is 8.42 Å². The van der Waals surface area contributed by atoms with Crippen LogP contribution in [0.15, 0.2) is 53.4 Å². The Morgan fingerprint density at radius 3 is 2.54 bits per heavy atom. The van der Waals surface area contributed by atoms with E-state index in [-0.39, 0.29) is 10.6 Å². The Morgan fingerprint density at radius 2 is 1.88 bits per heavy atom. The summed E-state index contributed by atoms with van der Waals surface area (Å²) in [6.07, 6.45) is -0.545. The van der Waals surface area contributed by atoms with Crippen molar-refractivity contribution in [3.8, 4) is 11.5 Å². The summed E-state index contributed by atoms with van der Waals surface area (Å²) in [5, 5.41) is 0. The summed E-state index contributed by atoms with van der Waals surface area (Å²) in [7, 11) is -2.71. The number of aldehydes is 1. The van der Waals surface area contributed by atoms with Gasteiger partial charge in [-0.3, -0.25) is 8.98 Å². The molecule has 0 aromatic heterocycles. The summed E-state index contributed by atoms with van der Waals surface area (Å²) in [4.78, 5) is 11.0. The van der Waals surface area contributed by atoms with Gasteiger partial charge in [0.15, 0.2) is 12.4 Å². The van der Waals surface area contributed by atoms with Crippen molar-refractivity contribution in [3.63, 3.8) is 0 Å². The summed E-state index contributed by atoms with van der Waals surface area (Å²) in [5.41, 5.74) is 0.958. The number of methoxy groups -OCH3 is 1. The summed E-state index contributed by atoms with van der Waals surface area (Å²) < 4.78 is 39.9. The Hall–Kier alpha value is -2.38. The first-order valence-electron chi connectivity index (χ1n) is 7.17. The predicted molar refractivity (Wildman–Crippen MR) is 87.8 cm³/mol. The van der Waals surface area contributed by atoms with Crippen LogP contribution >= 0.6 is 0 Å². The van der Waals surface area contributed by atoms with Crippen molar-refractivity contribution in [1.82, 2.24) is 0 Å². The van der Waals surface area contributed by atoms with Gasteiger partial charge in [0, 0.05) is 0 Å². The van der Waals surface area contributed by atoms with Crippen molar-refractivity contribution in [2.45, 2.75) is 17.9 Å². The Morgan fingerprint density at radius 1 is 1.12 bits per heavy atom. The van der Waals surface area contributed by atoms with Crippen LogP contribution in [-0.4, -0.2) is 34.5 Å². The second-order valence-corrected chi connectivity index (χ2v) is 6.58. The van der Waals surface area contributed by atoms with Gasteiger partial charge in [-0.1, -0.05) is 24.3 Å². The van der Waals surface area contributed by atoms with Crippen LogP contribution in [0.1, 0.15) is 5.56 Å². The van der Waals surface area contributed by atoms with Crippen molar-refractivity contribution >= 4 is 16.4 Å². The van der Waals surface area contributed by atoms with Gasteiger partial charge in [-0.15, -0.1) is 0 Å². The van der Waals surface area contributed by atoms with Crippen LogP contribution < -0.4 is 9.47 Å². The van der Waals surface area contributed by atoms with E-state index < -0.39 is 22.8 Å². The van der Waals surface area contributed by atoms with Gasteiger partial charge in [-0.25, -0.2) is 0 Å². The largest absolute Gasteiger partial charge is 0.495 e. The Labute approximate surface area is 141 Å². The van der Waals surface area contributed by atoms with Crippen LogP contribution in [0, 0.1) is 6.92 Å². The molecule has 0 spiro atoms. The van der Waals surface area contributed by atoms with Crippen LogP contribution in [0.3, 0.4) is 0 Å². The minimum atomic E-state index is -4.07. The molecule has 6 nitrogen and oxygen atoms in total. The second-order valence-electron chi connectivity index (χ2n) is 5.00. The lowest BCUT2D eigenvalue weighted by atomic mass is 10.2. The number of benzene rings is 2. The SMILES string of the molecule is COc1ccccc1S(=O)(=O)OCC(C=O)Oc1cccc(C)c1. The molecule has 0 fully saturated rings. The highest BCUT2D eigenvalue weighted by molar-refractivity contribution is 7.86. The van der Waals surface area contributed by atoms with E-state index in [1.807, 2.05) is 13.0 Å². The van der Waals surface area contributed by atoms with Crippen molar-refractivity contribution in [2.75, 3.05) is 13.7 Å². The average Bonchev–Trinajstić information content (AvgIpc) is 2.58. The molecule has 24 heavy (non-hydrogen) atoms. The Balaban J connectivity index is 2.08. The molecule has 2 rings (SSSR count). The molecule has 0 bridgehead atoms. The fourth-order valence-corrected chi connectivity index (χ4v) is 3.09. The zero-order chi connectivity index (χ0) is 17.6. The van der Waals surface area contributed by atoms with Crippen LogP contribution in [0.2, 0.25) is 0 Å². The summed E-state index contributed by atoms with van der Waals surface area (Å²) in [6.45, 7) is 1.45. The fraction of sp³-hybridized carbons (Fsp3) is 0.235. The quantitative estimate of drug-likeness (QED) is 0.537. The van der Waals surface area contributed by atoms with Crippen molar-refractivity contribution in [1.29, 1.82) is 0 Å². The first-order valence-corrected chi connectivity index (χ1v) is 8.58. The molecule has 128 valence electrons. The molecule has 0 amide bonds. The highest BCUT2D eigenvalue weighted by Crippen LogP contribution is 2.24. The van der Waals surface area contributed by atoms with E-state index in [9.17, 15) is 13.2 Å². The summed E-state index contributed by atoms with van der Waals surface area (Å²) in [5.74, 6) is 0.630. The lowest BCUT2D eigenvalue weighted by Crippen LogP contribution is -2.26. The van der Waals surface area contributed by atoms with E-state index in [4.69, 9.17) is 13.7 Å². The lowest BCUT2D eigenvalue weighted by molar-refractivity contribution is -0.114. The van der Waals surface area contributed by atoms with Crippen molar-refractivity contribution in [2.24, 2.45) is 0 Å². The molecule has 2 aromatic rings. The smallest absolute Gasteiger partial charge is 0.300 e. The zero-order valence-corrected chi connectivity index (χ0v) is 14.2. The number of carbonyl (C=O) groups excluding carboxylic acids is 1. The third-order valence-electron chi connectivity index (χ3n) is 3.15. The number of carbonyl (C=O) groups is 1. The zero-order valence-electron chi connectivity index (χ0n) is 13.3. The van der Waals surface area contributed by atoms with E-state index >= 15 is 0 Å². The van der Waals surface area contributed by atoms with E-state index in [2.05, 4.69) is 0 Å². The molecule has 2 aromatic carbocycles. The van der Waals surface area contributed by atoms with Crippen LogP contribution in [0.5, 0.6) is 11.5 Å². The van der Waals surface area contributed by atoms with Gasteiger partial charge >= 0.3 is 10.1 Å². The topological polar surface area (TPSA) is 78.9 Å². The van der Waals surface area contributed by atoms with E-state index in [1.165, 1.54) is 19.2 Å². The normalized spacial score (nSPS) is 12.4. The molecule has 1 atom stereocenters. The first-order chi connectivity index (χ1) is 11.5. The van der Waals surface area contributed by atoms with E-state index in [0.29, 0.717) is 12.0 Å². The molecular weight excluding hydrogens is 332 g/mol. The highest BCUT2D eigenvalue weighted by atomic mass is 32.2. The average molecular weight is 350 g/mol. The maximum atomic E-state index is 12.3. The molecule has 0 heterocycles. The van der Waals surface area contributed by atoms with Gasteiger partial charge in [-0.05, 0) is 36.8 Å². The number of aryl methyl sites for hydroxylation is 1. The molecule has 0 saturated carbocycles. The standard InChI is InChI=1S/C17H18O6S/c1-13-6-5-7-14(10-13)23-15(11-18)12-22-24(19,20)17-9-4-3-8-16(17)21-2/h3-11,15H,12H2,1-2H3. The molecule has 0 saturated heterocycles. The number of hydrogen-bond acceptors (Lipinski definition) is 6. The van der Waals surface area contributed by atoms with E-state index in [1.54, 1.807) is 30.3 Å². The predicted octanol–water partition coefficient (Wildman–Crippen LogP) is 2.36. The van der Waals surface area contributed by atoms with Crippen LogP contribution in [-0.2, 0) is 19.1 Å². The van der Waals surface area contributed by atoms with Gasteiger partial charge in [0.1, 0.15) is 23.0 Å². The summed E-state index contributed by atoms with van der Waals surface area (Å²) in [6, 6.07) is 13.2. The minimum absolute atomic E-state index is 0.104. The minimum Gasteiger partial charge on any atom is -0.495 e. The molecule has 0 N–H and O–H groups in total. The number of hydrogen-bond donors (Lipinski definition) is 0. The number of ether oxygens (including phenoxy) is 2. The van der Waals surface area contributed by atoms with E-state index in [0.717, 1.165) is 5.56 Å². The first kappa shape index (κ1) is 18.0. The fourth-order valence-electron chi connectivity index (χ4n) is 2.01. The van der Waals surface area contributed by atoms with Gasteiger partial charge in [0.25, 0.3) is 0 Å². The third-order valence-corrected chi connectivity index (χ3v) is 4.48. The monoisotopic (exact) mass is 350 g/mol. The summed E-state index contributed by atoms with van der Waals surface area (Å²) >= 11 is 0. The maximum absolute atomic E-state index is 12.3. The molecule has 7 heteroatoms. The third kappa shape index (κ3) is 4.56. The van der Waals surface area contributed by atoms with Crippen LogP contribution in [0.25, 0.3) is 0 Å². The molecule has 0 radical (unpaired) electrons. The van der Waals surface area contributed by atoms with Gasteiger partial charge in [0.05, 0.1) is 7.11 Å². The maximum Gasteiger partial charge on any atom is 0.300 e. The second kappa shape index (κ2) is 7.94. The lowest BCUT2D eigenvalue weighted by Gasteiger charge is -2.15.